The van der Waals surface area contributed by atoms with Crippen LogP contribution in [0.25, 0.3) is 21.8 Å². The number of allylic oxidation sites excluding steroid dienone is 1. The first-order valence-electron chi connectivity index (χ1n) is 18.9. The van der Waals surface area contributed by atoms with Gasteiger partial charge in [-0.2, -0.15) is 0 Å². The number of nitrogens with zero attached hydrogens (tertiary/aromatic N) is 2. The average molecular weight is 691 g/mol. The standard InChI is InChI=1S/C42H50N4O5/c1-6-23-14-22-19-42(41(49)51-5)38-26(12-13-46(20-22)39(23)42)28-16-29(35(47)18-33(28)44-38)30-15-27-24(7-2)21-45(3)34(36(27)40(48)50-4)17-31-25-10-8-9-11-32(25)43-37(30)31/h7-11,16,18,22-23,27,30,34,36,39,43-44,47H,6,12-15,17,19-21H2,1-5H3/b24-7+/t22-,23+,27-,30-,34-,36-,39+,42+/m0/s1. The molecule has 10 rings (SSSR count). The summed E-state index contributed by atoms with van der Waals surface area (Å²) in [4.78, 5) is 40.3. The predicted molar refractivity (Wildman–Crippen MR) is 197 cm³/mol. The van der Waals surface area contributed by atoms with Crippen LogP contribution < -0.4 is 0 Å². The van der Waals surface area contributed by atoms with E-state index in [4.69, 9.17) is 9.47 Å². The minimum Gasteiger partial charge on any atom is -0.508 e. The minimum absolute atomic E-state index is 0.0206. The number of carbonyl (C=O) groups is 2. The van der Waals surface area contributed by atoms with Crippen molar-refractivity contribution in [2.45, 2.75) is 75.8 Å². The van der Waals surface area contributed by atoms with Crippen LogP contribution in [0.15, 0.2) is 48.0 Å². The molecule has 3 saturated heterocycles. The number of aromatic nitrogens is 2. The molecule has 4 aliphatic heterocycles. The van der Waals surface area contributed by atoms with E-state index in [2.05, 4.69) is 77.1 Å². The zero-order valence-electron chi connectivity index (χ0n) is 30.4. The first-order chi connectivity index (χ1) is 24.7. The fourth-order valence-corrected chi connectivity index (χ4v) is 11.9. The summed E-state index contributed by atoms with van der Waals surface area (Å²) in [6.07, 6.45) is 7.31. The number of likely N-dealkylation sites (N-methyl/N-ethyl adjacent to an activating group) is 1. The van der Waals surface area contributed by atoms with E-state index in [0.29, 0.717) is 24.7 Å². The van der Waals surface area contributed by atoms with Crippen molar-refractivity contribution in [1.29, 1.82) is 0 Å². The number of hydrogen-bond donors (Lipinski definition) is 3. The van der Waals surface area contributed by atoms with Gasteiger partial charge in [0.15, 0.2) is 0 Å². The molecule has 268 valence electrons. The zero-order valence-corrected chi connectivity index (χ0v) is 30.4. The van der Waals surface area contributed by atoms with Crippen LogP contribution in [0.1, 0.15) is 73.5 Å². The number of carbonyl (C=O) groups excluding carboxylic acids is 2. The second-order valence-corrected chi connectivity index (χ2v) is 16.1. The Morgan fingerprint density at radius 3 is 2.65 bits per heavy atom. The van der Waals surface area contributed by atoms with Gasteiger partial charge in [-0.3, -0.25) is 19.4 Å². The summed E-state index contributed by atoms with van der Waals surface area (Å²) in [6.45, 7) is 7.03. The maximum Gasteiger partial charge on any atom is 0.319 e. The Balaban J connectivity index is 1.26. The van der Waals surface area contributed by atoms with Crippen molar-refractivity contribution in [3.05, 3.63) is 76.1 Å². The third-order valence-corrected chi connectivity index (χ3v) is 13.9. The first kappa shape index (κ1) is 32.8. The summed E-state index contributed by atoms with van der Waals surface area (Å²) in [5, 5.41) is 14.3. The van der Waals surface area contributed by atoms with E-state index in [1.807, 2.05) is 6.07 Å². The van der Waals surface area contributed by atoms with E-state index < -0.39 is 5.41 Å². The van der Waals surface area contributed by atoms with E-state index in [1.54, 1.807) is 0 Å². The molecule has 9 nitrogen and oxygen atoms in total. The molecule has 6 bridgehead atoms. The molecule has 4 aromatic rings. The zero-order chi connectivity index (χ0) is 35.3. The molecule has 0 amide bonds. The van der Waals surface area contributed by atoms with Crippen LogP contribution in [0.4, 0.5) is 0 Å². The Hall–Kier alpha value is -4.08. The number of rotatable bonds is 4. The molecule has 9 atom stereocenters. The number of esters is 2. The smallest absolute Gasteiger partial charge is 0.319 e. The highest BCUT2D eigenvalue weighted by molar-refractivity contribution is 5.93. The van der Waals surface area contributed by atoms with Crippen molar-refractivity contribution in [2.24, 2.45) is 23.7 Å². The molecular weight excluding hydrogens is 640 g/mol. The first-order valence-corrected chi connectivity index (χ1v) is 18.9. The van der Waals surface area contributed by atoms with Gasteiger partial charge in [0.1, 0.15) is 11.2 Å². The predicted octanol–water partition coefficient (Wildman–Crippen LogP) is 6.19. The summed E-state index contributed by atoms with van der Waals surface area (Å²) in [6, 6.07) is 12.6. The Morgan fingerprint density at radius 2 is 1.88 bits per heavy atom. The van der Waals surface area contributed by atoms with Gasteiger partial charge in [-0.1, -0.05) is 43.2 Å². The fraction of sp³-hybridized carbons (Fsp3) is 0.524. The topological polar surface area (TPSA) is 111 Å². The molecule has 1 saturated carbocycles. The van der Waals surface area contributed by atoms with Gasteiger partial charge in [0.2, 0.25) is 0 Å². The SMILES string of the molecule is C/C=C1\CN(C)[C@H]2Cc3c([nH]c4ccccc34)[C@H](c3cc4c5c([nH]c4cc3O)[C@]3(C(=O)OC)C[C@@H]4C[C@@H](CC)[C@H]3N(CC5)C4)C[C@@H]1[C@@H]2C(=O)OC. The molecule has 6 heterocycles. The maximum absolute atomic E-state index is 14.1. The third kappa shape index (κ3) is 4.59. The summed E-state index contributed by atoms with van der Waals surface area (Å²) in [7, 11) is 5.15. The van der Waals surface area contributed by atoms with Crippen molar-refractivity contribution < 1.29 is 24.2 Å². The van der Waals surface area contributed by atoms with E-state index in [1.165, 1.54) is 30.9 Å². The quantitative estimate of drug-likeness (QED) is 0.173. The summed E-state index contributed by atoms with van der Waals surface area (Å²) >= 11 is 0. The molecule has 2 aromatic heterocycles. The third-order valence-electron chi connectivity index (χ3n) is 13.9. The highest BCUT2D eigenvalue weighted by Crippen LogP contribution is 2.56. The molecule has 9 heteroatoms. The lowest BCUT2D eigenvalue weighted by Gasteiger charge is -2.57. The molecular formula is C42H50N4O5. The molecule has 3 N–H and O–H groups in total. The average Bonchev–Trinajstić information content (AvgIpc) is 3.66. The van der Waals surface area contributed by atoms with Gasteiger partial charge >= 0.3 is 11.9 Å². The molecule has 6 aliphatic rings. The van der Waals surface area contributed by atoms with Crippen LogP contribution in [0, 0.1) is 23.7 Å². The van der Waals surface area contributed by atoms with Crippen molar-refractivity contribution in [3.63, 3.8) is 0 Å². The number of benzene rings is 2. The minimum atomic E-state index is -0.764. The van der Waals surface area contributed by atoms with Gasteiger partial charge in [0.05, 0.1) is 20.1 Å². The Kier molecular flexibility index (Phi) is 7.71. The number of phenolic OH excluding ortho intramolecular Hbond substituents is 1. The number of ether oxygens (including phenoxy) is 2. The lowest BCUT2D eigenvalue weighted by Crippen LogP contribution is -2.67. The number of H-pyrrole nitrogens is 2. The van der Waals surface area contributed by atoms with Gasteiger partial charge in [-0.25, -0.2) is 0 Å². The van der Waals surface area contributed by atoms with Crippen LogP contribution in [0.2, 0.25) is 0 Å². The number of fused-ring (bicyclic) bond motifs is 9. The summed E-state index contributed by atoms with van der Waals surface area (Å²) in [5.74, 6) is 0.169. The van der Waals surface area contributed by atoms with Crippen LogP contribution in [0.5, 0.6) is 5.75 Å². The number of methoxy groups -OCH3 is 2. The normalized spacial score (nSPS) is 33.7. The number of nitrogens with one attached hydrogen (secondary N) is 2. The molecule has 0 spiro atoms. The second-order valence-electron chi connectivity index (χ2n) is 16.1. The highest BCUT2D eigenvalue weighted by Gasteiger charge is 2.62. The van der Waals surface area contributed by atoms with Crippen molar-refractivity contribution >= 4 is 33.7 Å². The highest BCUT2D eigenvalue weighted by atomic mass is 16.5. The lowest BCUT2D eigenvalue weighted by molar-refractivity contribution is -0.162. The van der Waals surface area contributed by atoms with Crippen LogP contribution >= 0.6 is 0 Å². The van der Waals surface area contributed by atoms with Gasteiger partial charge in [-0.05, 0) is 87.1 Å². The molecule has 2 aliphatic carbocycles. The number of phenols is 1. The van der Waals surface area contributed by atoms with Crippen molar-refractivity contribution in [1.82, 2.24) is 19.8 Å². The molecule has 1 unspecified atom stereocenters. The van der Waals surface area contributed by atoms with Gasteiger partial charge in [0.25, 0.3) is 0 Å². The molecule has 4 fully saturated rings. The summed E-state index contributed by atoms with van der Waals surface area (Å²) in [5.41, 5.74) is 7.69. The number of likely N-dealkylation sites (tertiary alicyclic amines) is 1. The lowest BCUT2D eigenvalue weighted by atomic mass is 9.56. The molecule has 0 radical (unpaired) electrons. The molecule has 51 heavy (non-hydrogen) atoms. The summed E-state index contributed by atoms with van der Waals surface area (Å²) < 4.78 is 11.2. The number of aromatic hydroxyl groups is 1. The number of aromatic amines is 2. The van der Waals surface area contributed by atoms with Crippen LogP contribution in [-0.2, 0) is 37.3 Å². The Morgan fingerprint density at radius 1 is 1.06 bits per heavy atom. The van der Waals surface area contributed by atoms with Crippen LogP contribution in [0.3, 0.4) is 0 Å². The Bertz CT molecular complexity index is 2090. The Labute approximate surface area is 299 Å². The number of hydrogen-bond acceptors (Lipinski definition) is 7. The number of piperidine rings is 3. The van der Waals surface area contributed by atoms with Crippen molar-refractivity contribution in [3.8, 4) is 5.75 Å². The fourth-order valence-electron chi connectivity index (χ4n) is 11.9. The van der Waals surface area contributed by atoms with Gasteiger partial charge < -0.3 is 24.5 Å². The van der Waals surface area contributed by atoms with Gasteiger partial charge in [-0.15, -0.1) is 0 Å². The van der Waals surface area contributed by atoms with E-state index in [0.717, 1.165) is 84.1 Å². The van der Waals surface area contributed by atoms with E-state index in [9.17, 15) is 14.7 Å². The number of para-hydroxylation sites is 1. The van der Waals surface area contributed by atoms with Crippen LogP contribution in [-0.4, -0.2) is 89.8 Å². The second kappa shape index (κ2) is 12.0. The van der Waals surface area contributed by atoms with E-state index in [-0.39, 0.29) is 47.5 Å². The monoisotopic (exact) mass is 690 g/mol. The van der Waals surface area contributed by atoms with Crippen molar-refractivity contribution in [2.75, 3.05) is 40.9 Å². The van der Waals surface area contributed by atoms with Gasteiger partial charge in [0, 0.05) is 82.5 Å². The van der Waals surface area contributed by atoms with E-state index >= 15 is 0 Å². The molecule has 2 aromatic carbocycles. The largest absolute Gasteiger partial charge is 0.508 e. The maximum atomic E-state index is 14.1.